The maximum Gasteiger partial charge on any atom is 0.436 e. The Kier molecular flexibility index (Phi) is 5.02. The van der Waals surface area contributed by atoms with Crippen LogP contribution in [0.1, 0.15) is 57.6 Å². The minimum atomic E-state index is -0.646. The number of carbonyl (C=O) groups excluding carboxylic acids is 1. The van der Waals surface area contributed by atoms with Crippen molar-refractivity contribution in [2.24, 2.45) is 4.99 Å². The largest absolute Gasteiger partial charge is 0.855 e. The molecule has 0 unspecified atom stereocenters. The monoisotopic (exact) mass is 432 g/mol. The number of H-pyrrole nitrogens is 1. The number of aryl methyl sites for hydroxylation is 3. The highest BCUT2D eigenvalue weighted by molar-refractivity contribution is 7.16. The first-order chi connectivity index (χ1) is 14.3. The quantitative estimate of drug-likeness (QED) is 0.161. The third-order valence-corrected chi connectivity index (χ3v) is 6.18. The standard InChI is InChI=1S/C18H20N6O5S/c1-4-29-18(26)13-11-7-5-6-8-12(11)30-16(13)19-15(25)14-9(2)20-23-17(24(27)28)10(3)21-22(14)23/h4-8H2,1-3H3,(H-,19,20,21,25,26). The summed E-state index contributed by atoms with van der Waals surface area (Å²) in [7, 11) is 0. The van der Waals surface area contributed by atoms with Gasteiger partial charge in [-0.2, -0.15) is 5.10 Å². The van der Waals surface area contributed by atoms with Crippen LogP contribution < -0.4 is 9.74 Å². The molecule has 0 radical (unpaired) electrons. The molecule has 0 aliphatic heterocycles. The molecule has 11 nitrogen and oxygen atoms in total. The van der Waals surface area contributed by atoms with Crippen LogP contribution in [0.3, 0.4) is 0 Å². The number of hydrogen-bond acceptors (Lipinski definition) is 8. The number of thiophene rings is 1. The predicted molar refractivity (Wildman–Crippen MR) is 104 cm³/mol. The predicted octanol–water partition coefficient (Wildman–Crippen LogP) is 1.33. The van der Waals surface area contributed by atoms with E-state index in [0.29, 0.717) is 10.6 Å². The highest BCUT2D eigenvalue weighted by Gasteiger charge is 2.34. The van der Waals surface area contributed by atoms with Crippen molar-refractivity contribution in [1.82, 2.24) is 14.8 Å². The van der Waals surface area contributed by atoms with Gasteiger partial charge >= 0.3 is 11.8 Å². The van der Waals surface area contributed by atoms with Gasteiger partial charge in [0.1, 0.15) is 10.1 Å². The Labute approximate surface area is 174 Å². The van der Waals surface area contributed by atoms with Crippen LogP contribution in [0, 0.1) is 24.0 Å². The van der Waals surface area contributed by atoms with E-state index in [1.54, 1.807) is 13.8 Å². The number of aliphatic imine (C=N–C) groups is 1. The lowest BCUT2D eigenvalue weighted by atomic mass is 9.95. The van der Waals surface area contributed by atoms with Gasteiger partial charge in [-0.25, -0.2) is 9.79 Å². The molecule has 158 valence electrons. The average molecular weight is 432 g/mol. The molecule has 0 amide bonds. The molecule has 1 N–H and O–H groups in total. The van der Waals surface area contributed by atoms with Crippen LogP contribution in [0.4, 0.5) is 10.8 Å². The minimum Gasteiger partial charge on any atom is -0.855 e. The summed E-state index contributed by atoms with van der Waals surface area (Å²) in [6.07, 6.45) is 3.57. The summed E-state index contributed by atoms with van der Waals surface area (Å²) in [6.45, 7) is 5.04. The van der Waals surface area contributed by atoms with Gasteiger partial charge in [0.2, 0.25) is 0 Å². The molecular formula is C18H20N6O5S. The van der Waals surface area contributed by atoms with Gasteiger partial charge in [0.25, 0.3) is 11.4 Å². The van der Waals surface area contributed by atoms with Gasteiger partial charge in [0.05, 0.1) is 12.2 Å². The summed E-state index contributed by atoms with van der Waals surface area (Å²) in [5.41, 5.74) is 1.85. The van der Waals surface area contributed by atoms with Gasteiger partial charge in [0, 0.05) is 22.3 Å². The van der Waals surface area contributed by atoms with Crippen molar-refractivity contribution in [2.75, 3.05) is 6.61 Å². The first-order valence-corrected chi connectivity index (χ1v) is 10.4. The SMILES string of the molecule is CCOC(=O)c1c(N=C([O-])c2c(C)nn3c([N+](=O)[O-])c(C)[nH][n+]23)sc2c1CCCC2. The summed E-state index contributed by atoms with van der Waals surface area (Å²) >= 11 is 1.32. The Bertz CT molecular complexity index is 1200. The summed E-state index contributed by atoms with van der Waals surface area (Å²) < 4.78 is 7.43. The van der Waals surface area contributed by atoms with Crippen LogP contribution in [0.15, 0.2) is 4.99 Å². The molecule has 12 heteroatoms. The van der Waals surface area contributed by atoms with Crippen molar-refractivity contribution < 1.29 is 24.2 Å². The molecule has 30 heavy (non-hydrogen) atoms. The number of ether oxygens (including phenoxy) is 1. The maximum absolute atomic E-state index is 13.1. The first-order valence-electron chi connectivity index (χ1n) is 9.55. The van der Waals surface area contributed by atoms with Gasteiger partial charge in [-0.1, -0.05) is 0 Å². The van der Waals surface area contributed by atoms with Crippen LogP contribution in [0.5, 0.6) is 0 Å². The first kappa shape index (κ1) is 20.0. The number of aromatic nitrogens is 4. The van der Waals surface area contributed by atoms with E-state index in [0.717, 1.165) is 40.8 Å². The lowest BCUT2D eigenvalue weighted by Gasteiger charge is -2.12. The molecule has 0 saturated carbocycles. The number of nitrogens with one attached hydrogen (secondary N) is 1. The van der Waals surface area contributed by atoms with Crippen LogP contribution in [-0.2, 0) is 17.6 Å². The second kappa shape index (κ2) is 7.52. The van der Waals surface area contributed by atoms with E-state index in [1.807, 2.05) is 0 Å². The Morgan fingerprint density at radius 1 is 1.40 bits per heavy atom. The number of aromatic amines is 1. The van der Waals surface area contributed by atoms with Crippen molar-refractivity contribution in [3.63, 3.8) is 0 Å². The van der Waals surface area contributed by atoms with Crippen molar-refractivity contribution >= 4 is 34.0 Å². The molecule has 0 atom stereocenters. The molecule has 3 heterocycles. The number of carbonyl (C=O) groups is 1. The lowest BCUT2D eigenvalue weighted by Crippen LogP contribution is -2.39. The van der Waals surface area contributed by atoms with Gasteiger partial charge in [-0.15, -0.1) is 11.3 Å². The Balaban J connectivity index is 1.86. The van der Waals surface area contributed by atoms with Crippen LogP contribution in [0.2, 0.25) is 0 Å². The summed E-state index contributed by atoms with van der Waals surface area (Å²) in [4.78, 5) is 28.6. The molecular weight excluding hydrogens is 412 g/mol. The van der Waals surface area contributed by atoms with Gasteiger partial charge in [-0.3, -0.25) is 0 Å². The fourth-order valence-electron chi connectivity index (χ4n) is 3.73. The highest BCUT2D eigenvalue weighted by Crippen LogP contribution is 2.40. The third-order valence-electron chi connectivity index (χ3n) is 5.00. The Hall–Kier alpha value is -3.28. The smallest absolute Gasteiger partial charge is 0.436 e. The van der Waals surface area contributed by atoms with Gasteiger partial charge in [-0.05, 0) is 50.0 Å². The van der Waals surface area contributed by atoms with Crippen molar-refractivity contribution in [3.05, 3.63) is 43.2 Å². The number of hydrogen-bond donors (Lipinski definition) is 1. The van der Waals surface area contributed by atoms with Crippen LogP contribution in [0.25, 0.3) is 0 Å². The summed E-state index contributed by atoms with van der Waals surface area (Å²) in [6, 6.07) is 0. The van der Waals surface area contributed by atoms with E-state index >= 15 is 0 Å². The summed E-state index contributed by atoms with van der Waals surface area (Å²) in [5, 5.41) is 31.6. The molecule has 0 saturated heterocycles. The number of fused-ring (bicyclic) bond motifs is 2. The van der Waals surface area contributed by atoms with Crippen molar-refractivity contribution in [1.29, 1.82) is 0 Å². The lowest BCUT2D eigenvalue weighted by molar-refractivity contribution is -0.683. The molecule has 3 aromatic heterocycles. The van der Waals surface area contributed by atoms with E-state index in [4.69, 9.17) is 4.74 Å². The number of esters is 1. The van der Waals surface area contributed by atoms with E-state index in [-0.39, 0.29) is 29.5 Å². The molecule has 0 spiro atoms. The Morgan fingerprint density at radius 2 is 2.13 bits per heavy atom. The van der Waals surface area contributed by atoms with E-state index in [1.165, 1.54) is 22.9 Å². The molecule has 4 rings (SSSR count). The van der Waals surface area contributed by atoms with Crippen LogP contribution >= 0.6 is 11.3 Å². The molecule has 3 aromatic rings. The molecule has 0 fully saturated rings. The molecule has 0 aromatic carbocycles. The van der Waals surface area contributed by atoms with Gasteiger partial charge in [0.15, 0.2) is 10.3 Å². The zero-order valence-corrected chi connectivity index (χ0v) is 17.5. The third kappa shape index (κ3) is 3.12. The van der Waals surface area contributed by atoms with E-state index in [2.05, 4.69) is 15.2 Å². The summed E-state index contributed by atoms with van der Waals surface area (Å²) in [5.74, 6) is -1.40. The maximum atomic E-state index is 13.1. The highest BCUT2D eigenvalue weighted by atomic mass is 32.1. The number of nitro groups is 1. The zero-order valence-electron chi connectivity index (χ0n) is 16.7. The number of rotatable bonds is 5. The van der Waals surface area contributed by atoms with Crippen LogP contribution in [-0.4, -0.2) is 38.2 Å². The van der Waals surface area contributed by atoms with Crippen molar-refractivity contribution in [3.8, 4) is 0 Å². The fourth-order valence-corrected chi connectivity index (χ4v) is 4.98. The van der Waals surface area contributed by atoms with Crippen molar-refractivity contribution in [2.45, 2.75) is 46.5 Å². The van der Waals surface area contributed by atoms with E-state index < -0.39 is 16.8 Å². The second-order valence-electron chi connectivity index (χ2n) is 6.98. The molecule has 1 aliphatic rings. The second-order valence-corrected chi connectivity index (χ2v) is 8.06. The molecule has 1 aliphatic carbocycles. The minimum absolute atomic E-state index is 0.0624. The normalized spacial score (nSPS) is 14.2. The molecule has 0 bridgehead atoms. The average Bonchev–Trinajstić information content (AvgIpc) is 3.29. The topological polar surface area (TPSA) is 142 Å². The number of nitrogens with zero attached hydrogens (tertiary/aromatic N) is 5. The fraction of sp³-hybridized carbons (Fsp3) is 0.444. The zero-order chi connectivity index (χ0) is 21.6. The Morgan fingerprint density at radius 3 is 2.83 bits per heavy atom. The van der Waals surface area contributed by atoms with Gasteiger partial charge < -0.3 is 20.0 Å². The van der Waals surface area contributed by atoms with E-state index in [9.17, 15) is 20.0 Å².